The van der Waals surface area contributed by atoms with Crippen LogP contribution in [-0.4, -0.2) is 18.4 Å². The van der Waals surface area contributed by atoms with Gasteiger partial charge in [0.05, 0.1) is 27.1 Å². The number of para-hydroxylation sites is 1. The number of hydrogen-bond acceptors (Lipinski definition) is 5. The van der Waals surface area contributed by atoms with E-state index in [1.165, 1.54) is 18.2 Å². The summed E-state index contributed by atoms with van der Waals surface area (Å²) >= 11 is 6.08. The zero-order valence-electron chi connectivity index (χ0n) is 16.0. The van der Waals surface area contributed by atoms with Crippen LogP contribution in [0.3, 0.4) is 0 Å². The molecule has 1 atom stereocenters. The van der Waals surface area contributed by atoms with Crippen molar-refractivity contribution in [2.24, 2.45) is 5.73 Å². The molecule has 0 fully saturated rings. The fourth-order valence-electron chi connectivity index (χ4n) is 2.97. The van der Waals surface area contributed by atoms with Crippen LogP contribution in [0.25, 0.3) is 11.0 Å². The Morgan fingerprint density at radius 3 is 2.77 bits per heavy atom. The number of sulfonamides is 1. The lowest BCUT2D eigenvalue weighted by Gasteiger charge is -2.12. The molecule has 0 bridgehead atoms. The van der Waals surface area contributed by atoms with Crippen molar-refractivity contribution in [1.82, 2.24) is 0 Å². The van der Waals surface area contributed by atoms with E-state index in [0.29, 0.717) is 27.3 Å². The molecule has 0 saturated carbocycles. The molecule has 1 aliphatic rings. The van der Waals surface area contributed by atoms with Gasteiger partial charge in [-0.1, -0.05) is 35.9 Å². The molecule has 6 nitrogen and oxygen atoms in total. The number of anilines is 1. The first-order valence-corrected chi connectivity index (χ1v) is 12.3. The summed E-state index contributed by atoms with van der Waals surface area (Å²) < 4.78 is 46.9. The lowest BCUT2D eigenvalue weighted by atomic mass is 10.3. The summed E-state index contributed by atoms with van der Waals surface area (Å²) in [4.78, 5) is 0.280. The summed E-state index contributed by atoms with van der Waals surface area (Å²) in [6.45, 7) is 0. The molecule has 0 amide bonds. The van der Waals surface area contributed by atoms with Crippen LogP contribution in [0.2, 0.25) is 5.02 Å². The number of benzene rings is 2. The van der Waals surface area contributed by atoms with Gasteiger partial charge in [-0.05, 0) is 42.5 Å². The van der Waals surface area contributed by atoms with Crippen molar-refractivity contribution in [3.63, 3.8) is 0 Å². The van der Waals surface area contributed by atoms with E-state index in [4.69, 9.17) is 21.8 Å². The molecule has 31 heavy (non-hydrogen) atoms. The third kappa shape index (κ3) is 4.84. The van der Waals surface area contributed by atoms with Gasteiger partial charge < -0.3 is 10.2 Å². The number of halogens is 1. The quantitative estimate of drug-likeness (QED) is 0.514. The van der Waals surface area contributed by atoms with Crippen molar-refractivity contribution >= 4 is 49.1 Å². The predicted octanol–water partition coefficient (Wildman–Crippen LogP) is 4.49. The molecule has 9 heteroatoms. The number of rotatable bonds is 6. The molecule has 3 aromatic rings. The summed E-state index contributed by atoms with van der Waals surface area (Å²) in [5.74, 6) is 0.0971. The van der Waals surface area contributed by atoms with Crippen molar-refractivity contribution in [3.05, 3.63) is 94.9 Å². The van der Waals surface area contributed by atoms with Gasteiger partial charge in [0.25, 0.3) is 10.0 Å². The Morgan fingerprint density at radius 1 is 1.16 bits per heavy atom. The third-order valence-electron chi connectivity index (χ3n) is 4.38. The molecule has 158 valence electrons. The highest BCUT2D eigenvalue weighted by molar-refractivity contribution is 7.92. The number of hydrogen-bond donors (Lipinski definition) is 2. The van der Waals surface area contributed by atoms with Gasteiger partial charge in [-0.2, -0.15) is 8.42 Å². The standard InChI is InChI=1S/C22H17ClN2O4S2/c23-17-9-10-21(30(26)14-15-5-1-3-7-18(24)11-15)19(13-17)25-31(27,28)22-12-16-6-2-4-8-20(16)29-22/h1-4,6-13,25H,14,24H2. The molecule has 0 radical (unpaired) electrons. The van der Waals surface area contributed by atoms with Gasteiger partial charge in [0.2, 0.25) is 5.09 Å². The molecule has 1 aliphatic carbocycles. The minimum absolute atomic E-state index is 0.0971. The topological polar surface area (TPSA) is 102 Å². The maximum Gasteiger partial charge on any atom is 0.295 e. The number of nitrogens with one attached hydrogen (secondary N) is 1. The van der Waals surface area contributed by atoms with E-state index in [1.54, 1.807) is 54.6 Å². The Hall–Kier alpha value is -3.03. The Morgan fingerprint density at radius 2 is 1.97 bits per heavy atom. The minimum Gasteiger partial charge on any atom is -0.443 e. The first-order chi connectivity index (χ1) is 14.8. The lowest BCUT2D eigenvalue weighted by molar-refractivity contribution is 0.484. The highest BCUT2D eigenvalue weighted by Gasteiger charge is 2.23. The molecule has 1 aromatic heterocycles. The van der Waals surface area contributed by atoms with E-state index in [9.17, 15) is 12.6 Å². The maximum atomic E-state index is 13.1. The summed E-state index contributed by atoms with van der Waals surface area (Å²) in [7, 11) is -5.67. The minimum atomic E-state index is -4.08. The van der Waals surface area contributed by atoms with Gasteiger partial charge in [0.15, 0.2) is 0 Å². The third-order valence-corrected chi connectivity index (χ3v) is 7.25. The van der Waals surface area contributed by atoms with Gasteiger partial charge in [0.1, 0.15) is 5.58 Å². The second-order valence-corrected chi connectivity index (χ2v) is 10.1. The molecule has 4 rings (SSSR count). The lowest BCUT2D eigenvalue weighted by Crippen LogP contribution is -2.14. The van der Waals surface area contributed by atoms with Crippen LogP contribution in [0.1, 0.15) is 0 Å². The fraction of sp³-hybridized carbons (Fsp3) is 0.0455. The summed E-state index contributed by atoms with van der Waals surface area (Å²) in [6.07, 6.45) is 6.79. The van der Waals surface area contributed by atoms with Gasteiger partial charge in [-0.25, -0.2) is 0 Å². The average Bonchev–Trinajstić information content (AvgIpc) is 3.06. The van der Waals surface area contributed by atoms with Crippen LogP contribution in [0.5, 0.6) is 0 Å². The normalized spacial score (nSPS) is 14.7. The van der Waals surface area contributed by atoms with Gasteiger partial charge in [-0.15, -0.1) is 5.73 Å². The Bertz CT molecular complexity index is 1400. The van der Waals surface area contributed by atoms with Gasteiger partial charge >= 0.3 is 0 Å². The predicted molar refractivity (Wildman–Crippen MR) is 123 cm³/mol. The van der Waals surface area contributed by atoms with E-state index >= 15 is 0 Å². The van der Waals surface area contributed by atoms with E-state index in [0.717, 1.165) is 0 Å². The van der Waals surface area contributed by atoms with E-state index in [1.807, 2.05) is 0 Å². The summed E-state index contributed by atoms with van der Waals surface area (Å²) in [5, 5.41) is 0.703. The van der Waals surface area contributed by atoms with Crippen LogP contribution in [0.15, 0.2) is 104 Å². The molecular formula is C22H17ClN2O4S2. The van der Waals surface area contributed by atoms with E-state index in [-0.39, 0.29) is 21.4 Å². The molecule has 0 spiro atoms. The summed E-state index contributed by atoms with van der Waals surface area (Å²) in [6, 6.07) is 12.9. The van der Waals surface area contributed by atoms with Crippen LogP contribution < -0.4 is 10.5 Å². The Kier molecular flexibility index (Phi) is 5.89. The van der Waals surface area contributed by atoms with Crippen molar-refractivity contribution in [1.29, 1.82) is 0 Å². The molecule has 0 saturated heterocycles. The van der Waals surface area contributed by atoms with Crippen molar-refractivity contribution < 1.29 is 17.0 Å². The SMILES string of the molecule is NC1=CC(CS(=O)c2ccc(Cl)cc2NS(=O)(=O)c2cc3ccccc3o2)=C=CC=C1. The van der Waals surface area contributed by atoms with Crippen LogP contribution in [0, 0.1) is 0 Å². The van der Waals surface area contributed by atoms with Crippen molar-refractivity contribution in [3.8, 4) is 0 Å². The second kappa shape index (κ2) is 8.61. The first-order valence-electron chi connectivity index (χ1n) is 9.10. The molecule has 3 N–H and O–H groups in total. The van der Waals surface area contributed by atoms with Crippen LogP contribution in [0.4, 0.5) is 5.69 Å². The molecule has 0 aliphatic heterocycles. The van der Waals surface area contributed by atoms with Crippen LogP contribution in [-0.2, 0) is 20.8 Å². The number of fused-ring (bicyclic) bond motifs is 1. The Labute approximate surface area is 186 Å². The van der Waals surface area contributed by atoms with E-state index in [2.05, 4.69) is 10.5 Å². The second-order valence-electron chi connectivity index (χ2n) is 6.68. The van der Waals surface area contributed by atoms with Crippen LogP contribution >= 0.6 is 11.6 Å². The molecule has 2 aromatic carbocycles. The smallest absolute Gasteiger partial charge is 0.295 e. The maximum absolute atomic E-state index is 13.1. The summed E-state index contributed by atoms with van der Waals surface area (Å²) in [5.41, 5.74) is 10.5. The number of nitrogens with two attached hydrogens (primary N) is 1. The first kappa shape index (κ1) is 21.2. The zero-order valence-corrected chi connectivity index (χ0v) is 18.4. The number of allylic oxidation sites excluding steroid dienone is 3. The van der Waals surface area contributed by atoms with Crippen molar-refractivity contribution in [2.75, 3.05) is 10.5 Å². The fourth-order valence-corrected chi connectivity index (χ4v) is 5.43. The highest BCUT2D eigenvalue weighted by atomic mass is 35.5. The Balaban J connectivity index is 1.66. The highest BCUT2D eigenvalue weighted by Crippen LogP contribution is 2.29. The number of furan rings is 1. The largest absolute Gasteiger partial charge is 0.443 e. The zero-order chi connectivity index (χ0) is 22.0. The van der Waals surface area contributed by atoms with E-state index < -0.39 is 20.8 Å². The molecular weight excluding hydrogens is 456 g/mol. The molecule has 1 heterocycles. The monoisotopic (exact) mass is 472 g/mol. The average molecular weight is 473 g/mol. The van der Waals surface area contributed by atoms with Gasteiger partial charge in [-0.3, -0.25) is 8.93 Å². The van der Waals surface area contributed by atoms with Gasteiger partial charge in [0, 0.05) is 27.7 Å². The molecule has 1 unspecified atom stereocenters. The van der Waals surface area contributed by atoms with Crippen molar-refractivity contribution in [2.45, 2.75) is 9.99 Å².